The first-order valence-electron chi connectivity index (χ1n) is 59.8. The lowest BCUT2D eigenvalue weighted by Gasteiger charge is -2.22. The van der Waals surface area contributed by atoms with Crippen LogP contribution in [0.3, 0.4) is 0 Å². The van der Waals surface area contributed by atoms with E-state index >= 15 is 0 Å². The van der Waals surface area contributed by atoms with Gasteiger partial charge in [-0.25, -0.2) is 0 Å². The van der Waals surface area contributed by atoms with E-state index in [0.717, 1.165) is 27.7 Å². The lowest BCUT2D eigenvalue weighted by molar-refractivity contribution is 0.0891. The Kier molecular flexibility index (Phi) is 20.2. The number of Topliss-reactive ketones (excluding diaryl/α,β-unsaturated/α-hetero) is 7. The molecule has 0 saturated carbocycles. The molecule has 0 radical (unpaired) electrons. The molecular formula is C98H133Cl7O7. The summed E-state index contributed by atoms with van der Waals surface area (Å²) in [6.07, 6.45) is -3.80. The van der Waals surface area contributed by atoms with Crippen LogP contribution >= 0.6 is 81.2 Å². The zero-order valence-corrected chi connectivity index (χ0v) is 70.8. The highest BCUT2D eigenvalue weighted by Gasteiger charge is 2.28. The Balaban J connectivity index is 0.000000955. The van der Waals surface area contributed by atoms with Crippen LogP contribution in [0.2, 0.25) is 35.2 Å². The van der Waals surface area contributed by atoms with Gasteiger partial charge in [0.2, 0.25) is 0 Å². The molecule has 5 unspecified atom stereocenters. The van der Waals surface area contributed by atoms with Gasteiger partial charge in [-0.05, 0) is 168 Å². The highest BCUT2D eigenvalue weighted by atomic mass is 35.5. The summed E-state index contributed by atoms with van der Waals surface area (Å²) < 4.78 is 393. The SMILES string of the molecule is [2H]C(C)(CC(C([2H])([2H])[2H])(C([2H])([2H])[2H])C([2H])([2H])[2H])C(=O)c1cccc(Cl)c1.[2H]C(C)(CC(C)(C([2H])([2H])[2H])C([2H])([2H])[2H])C(=O)c1cccc(Cl)c1.[2H]C(C)(CC(C)(C)C([2H])([2H])[2H])C(=O)c1cccc(Cl)c1.[2H]C([2H])([2H])C(C)(C)C[C@@]([2H])(C)C(=O)c1cccc(Cl)c1.[2H]C([2H])([2H])C(C)(C[C@@]([2H])(C)C(=O)c1cccc(Cl)c1)C([2H])([2H])[2H].[2H]c1c([2H])c(Cl)c([2H])c(C(=O)C([2H])(C)CC(C([2H])([2H])[2H])(C([2H])([2H])[2H])C([2H])([2H])[2H])c1[2H].[2H]c1c([2H])c(Cl)c([2H])c(C(=O)C([2H])(C)CC(C)(C)C)c1[2H]. The molecule has 616 valence electrons. The quantitative estimate of drug-likeness (QED) is 0.0657. The van der Waals surface area contributed by atoms with E-state index in [1.165, 1.54) is 95.3 Å². The molecule has 112 heavy (non-hydrogen) atoms. The minimum atomic E-state index is -3.64. The van der Waals surface area contributed by atoms with Crippen LogP contribution < -0.4 is 0 Å². The molecule has 0 heterocycles. The Morgan fingerprint density at radius 1 is 0.268 bits per heavy atom. The standard InChI is InChI=1S/7C14H19ClO/c7*1-10(9-14(2,3)4)13(16)11-6-5-7-12(15)8-11/h7*5-8,10H,9H2,1-4H3/t2*10-;;;;;/m11...../s1/i2D3,3D3,10D;2D3,10D;2D3,3D3,4D3,5D,6D,7D,8D,10D;5D,6D,7D,8D,10D;2D3,3D3,4D3,10D;2D3,3D3,10D;2D3,10D. The predicted octanol–water partition coefficient (Wildman–Crippen LogP) is 32.2. The molecule has 0 aliphatic carbocycles. The van der Waals surface area contributed by atoms with E-state index in [4.69, 9.17) is 151 Å². The Morgan fingerprint density at radius 3 is 0.634 bits per heavy atom. The largest absolute Gasteiger partial charge is 0.294 e. The number of halogens is 7. The van der Waals surface area contributed by atoms with Gasteiger partial charge < -0.3 is 0 Å². The molecular weight excluding hydrogens is 1540 g/mol. The topological polar surface area (TPSA) is 119 Å². The van der Waals surface area contributed by atoms with Crippen molar-refractivity contribution in [3.8, 4) is 0 Å². The molecule has 7 rings (SSSR count). The smallest absolute Gasteiger partial charge is 0.165 e. The molecule has 0 aliphatic rings. The van der Waals surface area contributed by atoms with Gasteiger partial charge in [0.15, 0.2) is 40.5 Å². The number of ketones is 7. The Labute approximate surface area is 783 Å². The van der Waals surface area contributed by atoms with Gasteiger partial charge in [0.05, 0.1) is 11.0 Å². The third-order valence-corrected chi connectivity index (χ3v) is 15.9. The van der Waals surface area contributed by atoms with Crippen LogP contribution in [0.1, 0.15) is 380 Å². The van der Waals surface area contributed by atoms with Gasteiger partial charge in [-0.2, -0.15) is 0 Å². The number of rotatable bonds is 21. The highest BCUT2D eigenvalue weighted by molar-refractivity contribution is 6.33. The molecule has 7 atom stereocenters. The summed E-state index contributed by atoms with van der Waals surface area (Å²) in [5.41, 5.74) is -13.9. The van der Waals surface area contributed by atoms with Crippen molar-refractivity contribution in [2.45, 2.75) is 238 Å². The number of benzene rings is 7. The summed E-state index contributed by atoms with van der Waals surface area (Å²) in [6.45, 7) is -14.4. The molecule has 0 aliphatic heterocycles. The summed E-state index contributed by atoms with van der Waals surface area (Å²) >= 11 is 40.7. The normalized spacial score (nSPS) is 23.5. The van der Waals surface area contributed by atoms with Gasteiger partial charge in [0.1, 0.15) is 0 Å². The second-order valence-electron chi connectivity index (χ2n) is 29.7. The van der Waals surface area contributed by atoms with E-state index < -0.39 is 281 Å². The van der Waals surface area contributed by atoms with E-state index in [9.17, 15) is 33.6 Å². The van der Waals surface area contributed by atoms with Crippen molar-refractivity contribution < 1.29 is 103 Å². The summed E-state index contributed by atoms with van der Waals surface area (Å²) in [5.74, 6) is -18.7. The van der Waals surface area contributed by atoms with Crippen molar-refractivity contribution >= 4 is 122 Å². The van der Waals surface area contributed by atoms with Crippen LogP contribution in [0.5, 0.6) is 0 Å². The van der Waals surface area contributed by atoms with Gasteiger partial charge in [-0.1, -0.05) is 359 Å². The average Bonchev–Trinajstić information content (AvgIpc) is 0.713. The number of carbonyl (C=O) groups excluding carboxylic acids is 7. The first kappa shape index (κ1) is 47.6. The Morgan fingerprint density at radius 2 is 0.446 bits per heavy atom. The number of carbonyl (C=O) groups is 7. The molecule has 0 amide bonds. The van der Waals surface area contributed by atoms with E-state index in [1.807, 2.05) is 20.8 Å². The lowest BCUT2D eigenvalue weighted by Crippen LogP contribution is -2.18. The minimum absolute atomic E-state index is 0.0366. The molecule has 0 spiro atoms. The third-order valence-electron chi connectivity index (χ3n) is 14.3. The maximum atomic E-state index is 13.0. The first-order chi connectivity index (χ1) is 71.7. The van der Waals surface area contributed by atoms with E-state index in [0.29, 0.717) is 31.2 Å². The minimum Gasteiger partial charge on any atom is -0.294 e. The van der Waals surface area contributed by atoms with Crippen LogP contribution in [-0.4, -0.2) is 40.5 Å². The zero-order valence-electron chi connectivity index (χ0n) is 117. The number of hydrogen-bond acceptors (Lipinski definition) is 7. The van der Waals surface area contributed by atoms with E-state index in [2.05, 4.69) is 0 Å². The fourth-order valence-corrected chi connectivity index (χ4v) is 11.5. The molecule has 14 heteroatoms. The summed E-state index contributed by atoms with van der Waals surface area (Å²) in [5, 5.41) is 0.653. The van der Waals surface area contributed by atoms with Crippen LogP contribution in [0.25, 0.3) is 0 Å². The monoisotopic (exact) mass is 1720 g/mol. The third kappa shape index (κ3) is 46.1. The predicted molar refractivity (Wildman–Crippen MR) is 483 cm³/mol. The molecule has 7 aromatic rings. The van der Waals surface area contributed by atoms with Crippen molar-refractivity contribution in [2.75, 3.05) is 0 Å². The summed E-state index contributed by atoms with van der Waals surface area (Å²) in [4.78, 5) is 88.1. The maximum Gasteiger partial charge on any atom is 0.165 e. The van der Waals surface area contributed by atoms with E-state index in [-0.39, 0.29) is 57.0 Å². The fraction of sp³-hybridized carbons (Fsp3) is 0.500. The molecule has 0 aromatic heterocycles. The average molecular weight is 1720 g/mol. The van der Waals surface area contributed by atoms with Gasteiger partial charge >= 0.3 is 0 Å². The van der Waals surface area contributed by atoms with Crippen LogP contribution in [0, 0.1) is 79.2 Å². The Hall–Kier alpha value is -5.74. The van der Waals surface area contributed by atoms with Crippen LogP contribution in [0.4, 0.5) is 0 Å². The van der Waals surface area contributed by atoms with Crippen molar-refractivity contribution in [3.05, 3.63) is 244 Å². The van der Waals surface area contributed by atoms with Crippen molar-refractivity contribution in [1.29, 1.82) is 0 Å². The van der Waals surface area contributed by atoms with E-state index in [1.54, 1.807) is 88.4 Å². The summed E-state index contributed by atoms with van der Waals surface area (Å²) in [7, 11) is 0. The molecule has 0 bridgehead atoms. The van der Waals surface area contributed by atoms with Crippen molar-refractivity contribution in [3.63, 3.8) is 0 Å². The van der Waals surface area contributed by atoms with Crippen molar-refractivity contribution in [2.24, 2.45) is 79.2 Å². The number of hydrogen-bond donors (Lipinski definition) is 0. The molecule has 7 nitrogen and oxygen atoms in total. The molecule has 7 aromatic carbocycles. The summed E-state index contributed by atoms with van der Waals surface area (Å²) in [6, 6.07) is 24.9. The second-order valence-corrected chi connectivity index (χ2v) is 32.7. The first-order valence-corrected chi connectivity index (χ1v) is 37.0. The van der Waals surface area contributed by atoms with Crippen LogP contribution in [0.15, 0.2) is 170 Å². The maximum absolute atomic E-state index is 13.0. The second kappa shape index (κ2) is 47.5. The van der Waals surface area contributed by atoms with Crippen molar-refractivity contribution in [1.82, 2.24) is 0 Å². The fourth-order valence-electron chi connectivity index (χ4n) is 10.2. The van der Waals surface area contributed by atoms with Gasteiger partial charge in [-0.15, -0.1) is 0 Å². The zero-order chi connectivity index (χ0) is 130. The van der Waals surface area contributed by atoms with Crippen LogP contribution in [-0.2, 0) is 0 Å². The van der Waals surface area contributed by atoms with Gasteiger partial charge in [0, 0.05) is 174 Å². The molecule has 0 fully saturated rings. The Bertz CT molecular complexity index is 6080. The highest BCUT2D eigenvalue weighted by Crippen LogP contribution is 2.34. The molecule has 0 saturated heterocycles. The molecule has 0 N–H and O–H groups in total. The van der Waals surface area contributed by atoms with Gasteiger partial charge in [0.25, 0.3) is 0 Å². The van der Waals surface area contributed by atoms with Gasteiger partial charge in [-0.3, -0.25) is 33.6 Å². The lowest BCUT2D eigenvalue weighted by atomic mass is 9.82.